The third-order valence-corrected chi connectivity index (χ3v) is 4.63. The Balaban J connectivity index is -0.0000000929. The number of rotatable bonds is 12. The van der Waals surface area contributed by atoms with Gasteiger partial charge in [-0.15, -0.1) is 0 Å². The van der Waals surface area contributed by atoms with E-state index in [2.05, 4.69) is 62.3 Å². The molecule has 4 nitrogen and oxygen atoms in total. The van der Waals surface area contributed by atoms with Gasteiger partial charge in [-0.2, -0.15) is 17.8 Å². The summed E-state index contributed by atoms with van der Waals surface area (Å²) in [6.45, 7) is 25.3. The van der Waals surface area contributed by atoms with Gasteiger partial charge in [0.2, 0.25) is 0 Å². The number of hydrogen-bond donors (Lipinski definition) is 3. The molecule has 6 heteroatoms. The third-order valence-electron chi connectivity index (χ3n) is 4.63. The van der Waals surface area contributed by atoms with Gasteiger partial charge in [0.05, 0.1) is 0 Å². The first-order chi connectivity index (χ1) is 13.4. The van der Waals surface area contributed by atoms with E-state index in [0.717, 1.165) is 0 Å². The van der Waals surface area contributed by atoms with E-state index >= 15 is 0 Å². The molecule has 0 aliphatic rings. The van der Waals surface area contributed by atoms with E-state index in [1.54, 1.807) is 0 Å². The van der Waals surface area contributed by atoms with Crippen molar-refractivity contribution in [1.82, 2.24) is 0 Å². The molecule has 0 aromatic heterocycles. The molecule has 3 N–H and O–H groups in total. The van der Waals surface area contributed by atoms with Gasteiger partial charge in [-0.1, -0.05) is 119 Å². The minimum atomic E-state index is -4.64. The predicted molar refractivity (Wildman–Crippen MR) is 130 cm³/mol. The smallest absolute Gasteiger partial charge is 0.340 e. The SMILES string of the molecule is O=P(O)(O)O.[CH2-]C(CC)CCCC.[CH2-]C(CC)CCCC.[CH2-]C(CC)CCCC.[Nd+3]. The van der Waals surface area contributed by atoms with Crippen LogP contribution in [0.2, 0.25) is 0 Å². The van der Waals surface area contributed by atoms with Crippen molar-refractivity contribution in [3.8, 4) is 0 Å². The fourth-order valence-corrected chi connectivity index (χ4v) is 2.09. The summed E-state index contributed by atoms with van der Waals surface area (Å²) in [7, 11) is -4.64. The average molecular weight is 582 g/mol. The molecule has 1 radical (unpaired) electrons. The molecule has 183 valence electrons. The van der Waals surface area contributed by atoms with Gasteiger partial charge in [0, 0.05) is 0 Å². The Morgan fingerprint density at radius 3 is 0.867 bits per heavy atom. The van der Waals surface area contributed by atoms with Gasteiger partial charge >= 0.3 is 48.7 Å². The molecule has 3 atom stereocenters. The molecule has 0 heterocycles. The standard InChI is InChI=1S/3C8H17.Nd.H3O4P/c3*1-4-6-7-8(3)5-2;;1-5(2,3)4/h3*8H,3-7H2,1-2H3;;(H3,1,2,3,4)/q3*-1;+3;. The van der Waals surface area contributed by atoms with Gasteiger partial charge in [-0.3, -0.25) is 0 Å². The van der Waals surface area contributed by atoms with Crippen molar-refractivity contribution in [2.45, 2.75) is 119 Å². The topological polar surface area (TPSA) is 77.8 Å². The van der Waals surface area contributed by atoms with E-state index in [9.17, 15) is 0 Å². The molecule has 0 saturated heterocycles. The summed E-state index contributed by atoms with van der Waals surface area (Å²) in [5, 5.41) is 0. The Morgan fingerprint density at radius 1 is 0.600 bits per heavy atom. The van der Waals surface area contributed by atoms with Crippen LogP contribution < -0.4 is 0 Å². The van der Waals surface area contributed by atoms with E-state index in [-0.39, 0.29) is 40.8 Å². The van der Waals surface area contributed by atoms with Gasteiger partial charge in [0.25, 0.3) is 0 Å². The van der Waals surface area contributed by atoms with E-state index in [1.807, 2.05) is 0 Å². The number of hydrogen-bond acceptors (Lipinski definition) is 1. The van der Waals surface area contributed by atoms with Gasteiger partial charge < -0.3 is 35.5 Å². The minimum Gasteiger partial charge on any atom is -0.340 e. The molecule has 0 bridgehead atoms. The van der Waals surface area contributed by atoms with Crippen LogP contribution in [0.1, 0.15) is 119 Å². The molecule has 0 spiro atoms. The van der Waals surface area contributed by atoms with E-state index in [4.69, 9.17) is 19.2 Å². The molecule has 3 unspecified atom stereocenters. The van der Waals surface area contributed by atoms with Crippen LogP contribution >= 0.6 is 7.82 Å². The zero-order chi connectivity index (χ0) is 23.7. The maximum absolute atomic E-state index is 8.88. The Morgan fingerprint density at radius 2 is 0.767 bits per heavy atom. The minimum absolute atomic E-state index is 0. The van der Waals surface area contributed by atoms with Gasteiger partial charge in [0.1, 0.15) is 0 Å². The quantitative estimate of drug-likeness (QED) is 0.160. The fraction of sp³-hybridized carbons (Fsp3) is 0.875. The van der Waals surface area contributed by atoms with Crippen LogP contribution in [-0.2, 0) is 4.57 Å². The number of unbranched alkanes of at least 4 members (excludes halogenated alkanes) is 3. The largest absolute Gasteiger partial charge is 3.00 e. The molecule has 0 aliphatic carbocycles. The van der Waals surface area contributed by atoms with E-state index in [1.165, 1.54) is 77.0 Å². The molecule has 0 aromatic rings. The molecule has 0 aromatic carbocycles. The predicted octanol–water partition coefficient (Wildman–Crippen LogP) is 8.18. The van der Waals surface area contributed by atoms with Crippen LogP contribution in [0, 0.1) is 79.4 Å². The summed E-state index contributed by atoms with van der Waals surface area (Å²) < 4.78 is 8.88. The second kappa shape index (κ2) is 32.6. The monoisotopic (exact) mass is 579 g/mol. The molecular weight excluding hydrogens is 527 g/mol. The zero-order valence-corrected chi connectivity index (χ0v) is 25.1. The number of phosphoric acid groups is 1. The molecular formula is C24H54NdO4P. The first-order valence-electron chi connectivity index (χ1n) is 11.7. The van der Waals surface area contributed by atoms with E-state index in [0.29, 0.717) is 17.8 Å². The average Bonchev–Trinajstić information content (AvgIpc) is 2.67. The van der Waals surface area contributed by atoms with Crippen molar-refractivity contribution in [3.05, 3.63) is 20.8 Å². The Hall–Kier alpha value is 1.46. The van der Waals surface area contributed by atoms with Crippen molar-refractivity contribution in [1.29, 1.82) is 0 Å². The summed E-state index contributed by atoms with van der Waals surface area (Å²) >= 11 is 0. The van der Waals surface area contributed by atoms with E-state index < -0.39 is 7.82 Å². The van der Waals surface area contributed by atoms with Gasteiger partial charge in [-0.05, 0) is 0 Å². The summed E-state index contributed by atoms with van der Waals surface area (Å²) in [6.07, 6.45) is 15.6. The zero-order valence-electron chi connectivity index (χ0n) is 21.0. The summed E-state index contributed by atoms with van der Waals surface area (Å²) in [6, 6.07) is 0. The Bertz CT molecular complexity index is 283. The molecule has 0 saturated carbocycles. The fourth-order valence-electron chi connectivity index (χ4n) is 2.09. The molecule has 0 aliphatic heterocycles. The molecule has 0 amide bonds. The van der Waals surface area contributed by atoms with Crippen LogP contribution in [0.5, 0.6) is 0 Å². The van der Waals surface area contributed by atoms with Crippen LogP contribution in [-0.4, -0.2) is 14.7 Å². The summed E-state index contributed by atoms with van der Waals surface area (Å²) in [4.78, 5) is 21.6. The van der Waals surface area contributed by atoms with Crippen LogP contribution in [0.15, 0.2) is 0 Å². The second-order valence-corrected chi connectivity index (χ2v) is 8.79. The van der Waals surface area contributed by atoms with Crippen molar-refractivity contribution >= 4 is 7.82 Å². The first kappa shape index (κ1) is 41.7. The molecule has 0 fully saturated rings. The Kier molecular flexibility index (Phi) is 45.4. The maximum Gasteiger partial charge on any atom is 3.00 e. The third kappa shape index (κ3) is 63.0. The van der Waals surface area contributed by atoms with Crippen LogP contribution in [0.4, 0.5) is 0 Å². The van der Waals surface area contributed by atoms with Crippen molar-refractivity contribution < 1.29 is 60.1 Å². The van der Waals surface area contributed by atoms with Crippen LogP contribution in [0.25, 0.3) is 0 Å². The van der Waals surface area contributed by atoms with Crippen molar-refractivity contribution in [2.75, 3.05) is 0 Å². The summed E-state index contributed by atoms with van der Waals surface area (Å²) in [5.74, 6) is 2.11. The van der Waals surface area contributed by atoms with Gasteiger partial charge in [-0.25, -0.2) is 4.57 Å². The van der Waals surface area contributed by atoms with Gasteiger partial charge in [0.15, 0.2) is 0 Å². The maximum atomic E-state index is 8.88. The molecule has 0 rings (SSSR count). The first-order valence-corrected chi connectivity index (χ1v) is 13.3. The van der Waals surface area contributed by atoms with Crippen molar-refractivity contribution in [3.63, 3.8) is 0 Å². The normalized spacial score (nSPS) is 13.1. The van der Waals surface area contributed by atoms with Crippen molar-refractivity contribution in [2.24, 2.45) is 17.8 Å². The Labute approximate surface area is 223 Å². The second-order valence-electron chi connectivity index (χ2n) is 7.76. The van der Waals surface area contributed by atoms with Crippen LogP contribution in [0.3, 0.4) is 0 Å². The summed E-state index contributed by atoms with van der Waals surface area (Å²) in [5.41, 5.74) is 0. The molecule has 30 heavy (non-hydrogen) atoms.